The Labute approximate surface area is 181 Å². The van der Waals surface area contributed by atoms with Crippen LogP contribution in [0.15, 0.2) is 30.5 Å². The fraction of sp³-hybridized carbons (Fsp3) is 0.435. The van der Waals surface area contributed by atoms with Gasteiger partial charge in [0.25, 0.3) is 5.91 Å². The molecule has 1 saturated heterocycles. The lowest BCUT2D eigenvalue weighted by Crippen LogP contribution is -2.36. The average molecular weight is 422 g/mol. The van der Waals surface area contributed by atoms with Gasteiger partial charge in [0, 0.05) is 44.1 Å². The molecular weight excluding hydrogens is 396 g/mol. The van der Waals surface area contributed by atoms with Crippen molar-refractivity contribution in [1.82, 2.24) is 9.88 Å². The zero-order chi connectivity index (χ0) is 21.5. The summed E-state index contributed by atoms with van der Waals surface area (Å²) >= 11 is 0. The molecule has 1 atom stereocenters. The third kappa shape index (κ3) is 3.45. The first-order chi connectivity index (χ1) is 15.0. The molecule has 8 nitrogen and oxygen atoms in total. The molecule has 1 unspecified atom stereocenters. The van der Waals surface area contributed by atoms with Gasteiger partial charge in [-0.1, -0.05) is 6.07 Å². The van der Waals surface area contributed by atoms with Crippen molar-refractivity contribution in [2.75, 3.05) is 43.1 Å². The lowest BCUT2D eigenvalue weighted by molar-refractivity contribution is -0.138. The topological polar surface area (TPSA) is 86.2 Å². The van der Waals surface area contributed by atoms with Crippen molar-refractivity contribution in [3.05, 3.63) is 41.6 Å². The zero-order valence-electron chi connectivity index (χ0n) is 17.6. The molecule has 5 rings (SSSR count). The number of pyridine rings is 1. The van der Waals surface area contributed by atoms with Gasteiger partial charge in [-0.2, -0.15) is 0 Å². The molecule has 1 fully saturated rings. The third-order valence-electron chi connectivity index (χ3n) is 6.48. The number of aromatic nitrogens is 1. The Kier molecular flexibility index (Phi) is 4.92. The first kappa shape index (κ1) is 19.7. The molecule has 3 aliphatic rings. The lowest BCUT2D eigenvalue weighted by atomic mass is 10.1. The minimum atomic E-state index is -0.815. The van der Waals surface area contributed by atoms with E-state index < -0.39 is 12.0 Å². The number of piperidine rings is 1. The quantitative estimate of drug-likeness (QED) is 0.814. The molecule has 162 valence electrons. The van der Waals surface area contributed by atoms with Gasteiger partial charge in [0.05, 0.1) is 12.1 Å². The van der Waals surface area contributed by atoms with Gasteiger partial charge in [0.2, 0.25) is 0 Å². The molecule has 0 aliphatic carbocycles. The maximum atomic E-state index is 12.9. The molecule has 1 amide bonds. The number of rotatable bonds is 3. The van der Waals surface area contributed by atoms with Crippen molar-refractivity contribution in [1.29, 1.82) is 0 Å². The molecule has 2 aromatic rings. The minimum absolute atomic E-state index is 0.00888. The van der Waals surface area contributed by atoms with E-state index in [4.69, 9.17) is 4.74 Å². The number of likely N-dealkylation sites (N-methyl/N-ethyl adjacent to an activating group) is 1. The van der Waals surface area contributed by atoms with Crippen LogP contribution >= 0.6 is 0 Å². The van der Waals surface area contributed by atoms with E-state index in [1.165, 1.54) is 6.42 Å². The van der Waals surface area contributed by atoms with Gasteiger partial charge in [-0.15, -0.1) is 0 Å². The van der Waals surface area contributed by atoms with E-state index in [9.17, 15) is 14.7 Å². The van der Waals surface area contributed by atoms with Crippen LogP contribution in [0.25, 0.3) is 0 Å². The summed E-state index contributed by atoms with van der Waals surface area (Å²) < 4.78 is 5.85. The number of hydrogen-bond acceptors (Lipinski definition) is 6. The fourth-order valence-corrected chi connectivity index (χ4v) is 4.73. The van der Waals surface area contributed by atoms with Crippen molar-refractivity contribution < 1.29 is 19.4 Å². The second-order valence-corrected chi connectivity index (χ2v) is 8.38. The molecular formula is C23H26N4O4. The number of ether oxygens (including phenoxy) is 1. The van der Waals surface area contributed by atoms with Crippen LogP contribution in [0.1, 0.15) is 35.2 Å². The normalized spacial score (nSPS) is 20.2. The summed E-state index contributed by atoms with van der Waals surface area (Å²) in [6, 6.07) is 7.27. The highest BCUT2D eigenvalue weighted by Gasteiger charge is 2.33. The van der Waals surface area contributed by atoms with Crippen LogP contribution in [-0.2, 0) is 11.2 Å². The lowest BCUT2D eigenvalue weighted by Gasteiger charge is -2.31. The predicted molar refractivity (Wildman–Crippen MR) is 116 cm³/mol. The zero-order valence-corrected chi connectivity index (χ0v) is 17.6. The number of nitrogens with zero attached hydrogens (tertiary/aromatic N) is 4. The van der Waals surface area contributed by atoms with Gasteiger partial charge >= 0.3 is 5.97 Å². The average Bonchev–Trinajstić information content (AvgIpc) is 3.14. The summed E-state index contributed by atoms with van der Waals surface area (Å²) in [7, 11) is 1.82. The number of hydrogen-bond donors (Lipinski definition) is 1. The van der Waals surface area contributed by atoms with Crippen molar-refractivity contribution in [3.63, 3.8) is 0 Å². The number of carbonyl (C=O) groups excluding carboxylic acids is 1. The number of fused-ring (bicyclic) bond motifs is 2. The Hall–Kier alpha value is -3.29. The van der Waals surface area contributed by atoms with Gasteiger partial charge < -0.3 is 24.5 Å². The molecule has 8 heteroatoms. The number of benzene rings is 1. The van der Waals surface area contributed by atoms with Gasteiger partial charge in [0.15, 0.2) is 11.6 Å². The number of aliphatic carboxylic acids is 1. The van der Waals surface area contributed by atoms with Gasteiger partial charge in [0.1, 0.15) is 12.6 Å². The number of likely N-dealkylation sites (tertiary alicyclic amines) is 1. The molecule has 1 aromatic heterocycles. The third-order valence-corrected chi connectivity index (χ3v) is 6.48. The molecule has 1 aromatic carbocycles. The predicted octanol–water partition coefficient (Wildman–Crippen LogP) is 2.68. The summed E-state index contributed by atoms with van der Waals surface area (Å²) in [5, 5.41) is 9.46. The van der Waals surface area contributed by atoms with Crippen LogP contribution < -0.4 is 14.5 Å². The Bertz CT molecular complexity index is 1030. The number of carbonyl (C=O) groups is 2. The Morgan fingerprint density at radius 1 is 1.13 bits per heavy atom. The maximum Gasteiger partial charge on any atom is 0.326 e. The molecule has 31 heavy (non-hydrogen) atoms. The smallest absolute Gasteiger partial charge is 0.326 e. The Balaban J connectivity index is 1.43. The second kappa shape index (κ2) is 7.76. The summed E-state index contributed by atoms with van der Waals surface area (Å²) in [6.07, 6.45) is 5.40. The van der Waals surface area contributed by atoms with Crippen molar-refractivity contribution in [2.24, 2.45) is 0 Å². The minimum Gasteiger partial charge on any atom is -0.488 e. The van der Waals surface area contributed by atoms with E-state index >= 15 is 0 Å². The molecule has 0 radical (unpaired) electrons. The number of anilines is 3. The highest BCUT2D eigenvalue weighted by atomic mass is 16.5. The van der Waals surface area contributed by atoms with Gasteiger partial charge in [-0.3, -0.25) is 4.79 Å². The van der Waals surface area contributed by atoms with Gasteiger partial charge in [-0.05, 0) is 43.0 Å². The first-order valence-electron chi connectivity index (χ1n) is 10.8. The summed E-state index contributed by atoms with van der Waals surface area (Å²) in [4.78, 5) is 34.7. The van der Waals surface area contributed by atoms with Crippen LogP contribution in [0, 0.1) is 0 Å². The monoisotopic (exact) mass is 422 g/mol. The maximum absolute atomic E-state index is 12.9. The second-order valence-electron chi connectivity index (χ2n) is 8.38. The van der Waals surface area contributed by atoms with Crippen LogP contribution in [0.4, 0.5) is 17.2 Å². The summed E-state index contributed by atoms with van der Waals surface area (Å²) in [6.45, 7) is 2.71. The van der Waals surface area contributed by atoms with E-state index in [0.29, 0.717) is 36.7 Å². The van der Waals surface area contributed by atoms with Gasteiger partial charge in [-0.25, -0.2) is 9.78 Å². The highest BCUT2D eigenvalue weighted by molar-refractivity contribution is 5.95. The SMILES string of the molecule is CN1c2cc(N3CCOc4cc(C(=O)N5CCCCC5)cnc43)ccc2CC1C(=O)O. The van der Waals surface area contributed by atoms with Crippen molar-refractivity contribution >= 4 is 29.1 Å². The molecule has 1 N–H and O–H groups in total. The molecule has 0 saturated carbocycles. The van der Waals surface area contributed by atoms with Crippen LogP contribution in [-0.4, -0.2) is 66.2 Å². The first-order valence-corrected chi connectivity index (χ1v) is 10.8. The van der Waals surface area contributed by atoms with Crippen LogP contribution in [0.5, 0.6) is 5.75 Å². The van der Waals surface area contributed by atoms with E-state index in [2.05, 4.69) is 9.88 Å². The summed E-state index contributed by atoms with van der Waals surface area (Å²) in [5.41, 5.74) is 3.45. The number of amides is 1. The van der Waals surface area contributed by atoms with E-state index in [1.54, 1.807) is 12.3 Å². The molecule has 3 aliphatic heterocycles. The number of carboxylic acids is 1. The van der Waals surface area contributed by atoms with E-state index in [1.807, 2.05) is 35.0 Å². The standard InChI is InChI=1S/C23H26N4O4/c1-25-18-13-17(6-5-15(18)11-19(25)23(29)30)27-9-10-31-20-12-16(14-24-21(20)27)22(28)26-7-3-2-4-8-26/h5-6,12-14,19H,2-4,7-11H2,1H3,(H,29,30). The molecule has 0 spiro atoms. The van der Waals surface area contributed by atoms with E-state index in [0.717, 1.165) is 42.9 Å². The number of carboxylic acid groups (broad SMARTS) is 1. The largest absolute Gasteiger partial charge is 0.488 e. The van der Waals surface area contributed by atoms with Crippen LogP contribution in [0.3, 0.4) is 0 Å². The van der Waals surface area contributed by atoms with E-state index in [-0.39, 0.29) is 5.91 Å². The highest BCUT2D eigenvalue weighted by Crippen LogP contribution is 2.40. The summed E-state index contributed by atoms with van der Waals surface area (Å²) in [5.74, 6) is 0.474. The Morgan fingerprint density at radius 3 is 2.71 bits per heavy atom. The van der Waals surface area contributed by atoms with Crippen LogP contribution in [0.2, 0.25) is 0 Å². The Morgan fingerprint density at radius 2 is 1.94 bits per heavy atom. The molecule has 4 heterocycles. The van der Waals surface area contributed by atoms with Crippen molar-refractivity contribution in [3.8, 4) is 5.75 Å². The van der Waals surface area contributed by atoms with Crippen molar-refractivity contribution in [2.45, 2.75) is 31.7 Å². The molecule has 0 bridgehead atoms. The fourth-order valence-electron chi connectivity index (χ4n) is 4.73.